The second-order valence-corrected chi connectivity index (χ2v) is 5.98. The molecule has 0 spiro atoms. The molecule has 26 heavy (non-hydrogen) atoms. The fourth-order valence-corrected chi connectivity index (χ4v) is 3.11. The molecule has 0 aliphatic carbocycles. The van der Waals surface area contributed by atoms with Crippen LogP contribution >= 0.6 is 0 Å². The number of benzene rings is 3. The van der Waals surface area contributed by atoms with Crippen LogP contribution in [0.5, 0.6) is 0 Å². The van der Waals surface area contributed by atoms with E-state index in [0.717, 1.165) is 16.3 Å². The predicted molar refractivity (Wildman–Crippen MR) is 102 cm³/mol. The monoisotopic (exact) mass is 342 g/mol. The van der Waals surface area contributed by atoms with Gasteiger partial charge in [0.15, 0.2) is 0 Å². The van der Waals surface area contributed by atoms with Crippen molar-refractivity contribution >= 4 is 16.5 Å². The maximum atomic E-state index is 12.2. The minimum absolute atomic E-state index is 0.00510. The molecule has 5 heteroatoms. The van der Waals surface area contributed by atoms with Crippen LogP contribution in [0.4, 0.5) is 5.69 Å². The summed E-state index contributed by atoms with van der Waals surface area (Å²) in [5, 5.41) is 13.1. The van der Waals surface area contributed by atoms with Gasteiger partial charge in [-0.05, 0) is 28.0 Å². The van der Waals surface area contributed by atoms with Crippen molar-refractivity contribution in [1.82, 2.24) is 4.98 Å². The highest BCUT2D eigenvalue weighted by atomic mass is 16.6. The molecule has 0 aliphatic heterocycles. The molecule has 0 saturated carbocycles. The molecule has 0 fully saturated rings. The Kier molecular flexibility index (Phi) is 3.82. The zero-order chi connectivity index (χ0) is 18.1. The van der Waals surface area contributed by atoms with Crippen LogP contribution in [0.15, 0.2) is 83.7 Å². The number of nitro benzene ring substituents is 1. The summed E-state index contributed by atoms with van der Waals surface area (Å²) in [5.74, 6) is 0. The summed E-state index contributed by atoms with van der Waals surface area (Å²) in [6.07, 6.45) is 0. The Hall–Kier alpha value is -3.73. The SMILES string of the molecule is O=c1cc(-c2cccc([N+](=O)[O-])c2)cc(-c2cccc3ccccc23)[nH]1. The van der Waals surface area contributed by atoms with E-state index in [1.54, 1.807) is 12.1 Å². The number of fused-ring (bicyclic) bond motifs is 1. The molecule has 3 aromatic carbocycles. The molecule has 1 aromatic heterocycles. The van der Waals surface area contributed by atoms with Crippen LogP contribution in [0.3, 0.4) is 0 Å². The molecule has 1 N–H and O–H groups in total. The number of nitrogens with one attached hydrogen (secondary N) is 1. The number of pyridine rings is 1. The van der Waals surface area contributed by atoms with Crippen molar-refractivity contribution < 1.29 is 4.92 Å². The lowest BCUT2D eigenvalue weighted by Gasteiger charge is -2.09. The lowest BCUT2D eigenvalue weighted by molar-refractivity contribution is -0.384. The van der Waals surface area contributed by atoms with E-state index in [1.807, 2.05) is 48.5 Å². The Balaban J connectivity index is 1.91. The molecular formula is C21H14N2O3. The van der Waals surface area contributed by atoms with Crippen molar-refractivity contribution in [3.63, 3.8) is 0 Å². The summed E-state index contributed by atoms with van der Waals surface area (Å²) >= 11 is 0. The molecule has 0 unspecified atom stereocenters. The molecule has 0 bridgehead atoms. The quantitative estimate of drug-likeness (QED) is 0.430. The topological polar surface area (TPSA) is 76.0 Å². The lowest BCUT2D eigenvalue weighted by atomic mass is 9.99. The third kappa shape index (κ3) is 2.86. The van der Waals surface area contributed by atoms with E-state index >= 15 is 0 Å². The summed E-state index contributed by atoms with van der Waals surface area (Å²) in [6, 6.07) is 23.4. The number of hydrogen-bond donors (Lipinski definition) is 1. The first-order chi connectivity index (χ1) is 12.6. The molecule has 1 heterocycles. The van der Waals surface area contributed by atoms with Gasteiger partial charge in [-0.2, -0.15) is 0 Å². The van der Waals surface area contributed by atoms with Crippen molar-refractivity contribution in [1.29, 1.82) is 0 Å². The second-order valence-electron chi connectivity index (χ2n) is 5.98. The minimum atomic E-state index is -0.442. The highest BCUT2D eigenvalue weighted by molar-refractivity contribution is 5.96. The second kappa shape index (κ2) is 6.29. The van der Waals surface area contributed by atoms with Crippen LogP contribution in [0.1, 0.15) is 0 Å². The van der Waals surface area contributed by atoms with E-state index in [2.05, 4.69) is 4.98 Å². The number of hydrogen-bond acceptors (Lipinski definition) is 3. The van der Waals surface area contributed by atoms with Gasteiger partial charge in [0, 0.05) is 29.5 Å². The van der Waals surface area contributed by atoms with Gasteiger partial charge in [0.2, 0.25) is 5.56 Å². The highest BCUT2D eigenvalue weighted by Gasteiger charge is 2.10. The third-order valence-electron chi connectivity index (χ3n) is 4.31. The van der Waals surface area contributed by atoms with Gasteiger partial charge >= 0.3 is 0 Å². The van der Waals surface area contributed by atoms with Gasteiger partial charge in [-0.1, -0.05) is 54.6 Å². The zero-order valence-corrected chi connectivity index (χ0v) is 13.7. The van der Waals surface area contributed by atoms with Gasteiger partial charge in [-0.25, -0.2) is 0 Å². The molecule has 126 valence electrons. The fourth-order valence-electron chi connectivity index (χ4n) is 3.11. The minimum Gasteiger partial charge on any atom is -0.322 e. The van der Waals surface area contributed by atoms with Crippen LogP contribution in [-0.2, 0) is 0 Å². The molecule has 0 radical (unpaired) electrons. The number of aromatic nitrogens is 1. The molecule has 0 amide bonds. The maximum absolute atomic E-state index is 12.2. The Bertz CT molecular complexity index is 1190. The Morgan fingerprint density at radius 1 is 0.808 bits per heavy atom. The third-order valence-corrected chi connectivity index (χ3v) is 4.31. The Labute approximate surface area is 148 Å². The Morgan fingerprint density at radius 2 is 1.58 bits per heavy atom. The molecule has 0 saturated heterocycles. The van der Waals surface area contributed by atoms with E-state index in [1.165, 1.54) is 18.2 Å². The lowest BCUT2D eigenvalue weighted by Crippen LogP contribution is -2.06. The molecule has 0 aliphatic rings. The van der Waals surface area contributed by atoms with E-state index in [4.69, 9.17) is 0 Å². The average molecular weight is 342 g/mol. The smallest absolute Gasteiger partial charge is 0.270 e. The van der Waals surface area contributed by atoms with E-state index in [9.17, 15) is 14.9 Å². The van der Waals surface area contributed by atoms with Gasteiger partial charge in [0.05, 0.1) is 4.92 Å². The van der Waals surface area contributed by atoms with Crippen LogP contribution < -0.4 is 5.56 Å². The molecular weight excluding hydrogens is 328 g/mol. The maximum Gasteiger partial charge on any atom is 0.270 e. The fraction of sp³-hybridized carbons (Fsp3) is 0. The van der Waals surface area contributed by atoms with Crippen LogP contribution in [0.2, 0.25) is 0 Å². The van der Waals surface area contributed by atoms with Crippen molar-refractivity contribution in [3.8, 4) is 22.4 Å². The van der Waals surface area contributed by atoms with Crippen LogP contribution in [0.25, 0.3) is 33.2 Å². The normalized spacial score (nSPS) is 10.8. The van der Waals surface area contributed by atoms with Crippen molar-refractivity contribution in [3.05, 3.63) is 99.3 Å². The van der Waals surface area contributed by atoms with Crippen LogP contribution in [0, 0.1) is 10.1 Å². The number of nitrogens with zero attached hydrogens (tertiary/aromatic N) is 1. The van der Waals surface area contributed by atoms with Gasteiger partial charge in [-0.15, -0.1) is 0 Å². The summed E-state index contributed by atoms with van der Waals surface area (Å²) in [4.78, 5) is 25.7. The van der Waals surface area contributed by atoms with E-state index < -0.39 is 4.92 Å². The van der Waals surface area contributed by atoms with Crippen LogP contribution in [-0.4, -0.2) is 9.91 Å². The van der Waals surface area contributed by atoms with Crippen molar-refractivity contribution in [2.75, 3.05) is 0 Å². The number of nitro groups is 1. The predicted octanol–water partition coefficient (Wildman–Crippen LogP) is 4.77. The standard InChI is InChI=1S/C21H14N2O3/c24-21-13-16(15-7-3-8-17(11-15)23(25)26)12-20(22-21)19-10-4-6-14-5-1-2-9-18(14)19/h1-13H,(H,22,24). The van der Waals surface area contributed by atoms with Crippen molar-refractivity contribution in [2.45, 2.75) is 0 Å². The molecule has 4 aromatic rings. The Morgan fingerprint density at radius 3 is 2.42 bits per heavy atom. The van der Waals surface area contributed by atoms with Crippen molar-refractivity contribution in [2.24, 2.45) is 0 Å². The first kappa shape index (κ1) is 15.8. The summed E-state index contributed by atoms with van der Waals surface area (Å²) in [5.41, 5.74) is 2.60. The number of rotatable bonds is 3. The number of aromatic amines is 1. The van der Waals surface area contributed by atoms with E-state index in [0.29, 0.717) is 16.8 Å². The zero-order valence-electron chi connectivity index (χ0n) is 13.7. The summed E-state index contributed by atoms with van der Waals surface area (Å²) in [7, 11) is 0. The molecule has 4 rings (SSSR count). The van der Waals surface area contributed by atoms with Gasteiger partial charge in [0.1, 0.15) is 0 Å². The van der Waals surface area contributed by atoms with Gasteiger partial charge in [0.25, 0.3) is 5.69 Å². The number of non-ortho nitro benzene ring substituents is 1. The largest absolute Gasteiger partial charge is 0.322 e. The first-order valence-electron chi connectivity index (χ1n) is 8.09. The highest BCUT2D eigenvalue weighted by Crippen LogP contribution is 2.30. The summed E-state index contributed by atoms with van der Waals surface area (Å²) in [6.45, 7) is 0. The average Bonchev–Trinajstić information content (AvgIpc) is 2.67. The van der Waals surface area contributed by atoms with Gasteiger partial charge in [-0.3, -0.25) is 14.9 Å². The van der Waals surface area contributed by atoms with E-state index in [-0.39, 0.29) is 11.2 Å². The number of H-pyrrole nitrogens is 1. The molecule has 5 nitrogen and oxygen atoms in total. The van der Waals surface area contributed by atoms with Gasteiger partial charge < -0.3 is 4.98 Å². The summed E-state index contributed by atoms with van der Waals surface area (Å²) < 4.78 is 0. The first-order valence-corrected chi connectivity index (χ1v) is 8.09. The molecule has 0 atom stereocenters.